The molecule has 1 heterocycles. The minimum Gasteiger partial charge on any atom is -0.480 e. The van der Waals surface area contributed by atoms with E-state index in [1.54, 1.807) is 11.8 Å². The molecule has 0 aromatic carbocycles. The minimum atomic E-state index is -1.05. The lowest BCUT2D eigenvalue weighted by Gasteiger charge is -2.22. The number of hydrogen-bond donors (Lipinski definition) is 4. The Bertz CT molecular complexity index is 431. The molecule has 1 fully saturated rings. The summed E-state index contributed by atoms with van der Waals surface area (Å²) in [6.07, 6.45) is 6.34. The highest BCUT2D eigenvalue weighted by Crippen LogP contribution is 2.08. The number of carboxylic acids is 1. The van der Waals surface area contributed by atoms with E-state index >= 15 is 0 Å². The third kappa shape index (κ3) is 7.31. The van der Waals surface area contributed by atoms with Crippen LogP contribution in [0.1, 0.15) is 25.7 Å². The van der Waals surface area contributed by atoms with Gasteiger partial charge in [-0.05, 0) is 56.2 Å². The van der Waals surface area contributed by atoms with Crippen LogP contribution in [0.5, 0.6) is 0 Å². The lowest BCUT2D eigenvalue weighted by molar-refractivity contribution is -0.142. The van der Waals surface area contributed by atoms with Gasteiger partial charge in [-0.15, -0.1) is 0 Å². The van der Waals surface area contributed by atoms with E-state index < -0.39 is 24.0 Å². The maximum atomic E-state index is 12.5. The van der Waals surface area contributed by atoms with Crippen molar-refractivity contribution in [1.29, 1.82) is 0 Å². The van der Waals surface area contributed by atoms with Crippen LogP contribution in [0, 0.1) is 0 Å². The van der Waals surface area contributed by atoms with Gasteiger partial charge in [-0.25, -0.2) is 4.79 Å². The second-order valence-electron chi connectivity index (χ2n) is 5.67. The molecule has 4 N–H and O–H groups in total. The quantitative estimate of drug-likeness (QED) is 0.410. The van der Waals surface area contributed by atoms with Crippen molar-refractivity contribution in [3.63, 3.8) is 0 Å². The second kappa shape index (κ2) is 11.6. The van der Waals surface area contributed by atoms with Crippen molar-refractivity contribution in [2.24, 2.45) is 0 Å². The van der Waals surface area contributed by atoms with Crippen LogP contribution in [-0.2, 0) is 14.4 Å². The number of thioether (sulfide) groups is 2. The zero-order valence-corrected chi connectivity index (χ0v) is 15.8. The number of carbonyl (C=O) groups is 3. The summed E-state index contributed by atoms with van der Waals surface area (Å²) >= 11 is 3.11. The summed E-state index contributed by atoms with van der Waals surface area (Å²) in [5.41, 5.74) is 0. The predicted octanol–water partition coefficient (Wildman–Crippen LogP) is 0.299. The van der Waals surface area contributed by atoms with E-state index in [0.717, 1.165) is 19.4 Å². The summed E-state index contributed by atoms with van der Waals surface area (Å²) in [5.74, 6) is -0.317. The predicted molar refractivity (Wildman–Crippen MR) is 98.5 cm³/mol. The first-order valence-electron chi connectivity index (χ1n) is 8.04. The Hall–Kier alpha value is -0.930. The van der Waals surface area contributed by atoms with Crippen molar-refractivity contribution in [3.8, 4) is 0 Å². The van der Waals surface area contributed by atoms with Gasteiger partial charge in [-0.2, -0.15) is 23.5 Å². The first-order valence-corrected chi connectivity index (χ1v) is 10.8. The number of carbonyl (C=O) groups excluding carboxylic acids is 2. The van der Waals surface area contributed by atoms with E-state index in [9.17, 15) is 19.5 Å². The summed E-state index contributed by atoms with van der Waals surface area (Å²) in [7, 11) is 0. The molecule has 1 saturated heterocycles. The molecule has 0 aromatic rings. The number of carboxylic acid groups (broad SMARTS) is 1. The van der Waals surface area contributed by atoms with Crippen molar-refractivity contribution in [2.45, 2.75) is 43.8 Å². The standard InChI is InChI=1S/C15H27N3O4S2/c1-23-8-5-11(17-13(19)10-4-3-7-16-10)14(20)18-12(15(21)22)6-9-24-2/h10-12,16H,3-9H2,1-2H3,(H,17,19)(H,18,20)(H,21,22). The Balaban J connectivity index is 2.64. The fourth-order valence-electron chi connectivity index (χ4n) is 2.45. The van der Waals surface area contributed by atoms with Crippen molar-refractivity contribution in [1.82, 2.24) is 16.0 Å². The van der Waals surface area contributed by atoms with Crippen LogP contribution in [0.4, 0.5) is 0 Å². The molecule has 0 aromatic heterocycles. The second-order valence-corrected chi connectivity index (χ2v) is 7.64. The number of aliphatic carboxylic acids is 1. The maximum absolute atomic E-state index is 12.5. The normalized spacial score (nSPS) is 19.5. The monoisotopic (exact) mass is 377 g/mol. The summed E-state index contributed by atoms with van der Waals surface area (Å²) in [6, 6.07) is -1.90. The van der Waals surface area contributed by atoms with Gasteiger partial charge in [0.25, 0.3) is 0 Å². The number of hydrogen-bond acceptors (Lipinski definition) is 6. The molecule has 0 aliphatic carbocycles. The van der Waals surface area contributed by atoms with Gasteiger partial charge in [0.05, 0.1) is 6.04 Å². The summed E-state index contributed by atoms with van der Waals surface area (Å²) < 4.78 is 0. The maximum Gasteiger partial charge on any atom is 0.326 e. The molecule has 0 spiro atoms. The Morgan fingerprint density at radius 2 is 1.75 bits per heavy atom. The van der Waals surface area contributed by atoms with Gasteiger partial charge in [0.1, 0.15) is 12.1 Å². The van der Waals surface area contributed by atoms with Crippen LogP contribution in [0.25, 0.3) is 0 Å². The third-order valence-corrected chi connectivity index (χ3v) is 5.13. The number of rotatable bonds is 11. The van der Waals surface area contributed by atoms with Gasteiger partial charge in [-0.3, -0.25) is 9.59 Å². The van der Waals surface area contributed by atoms with E-state index in [4.69, 9.17) is 0 Å². The van der Waals surface area contributed by atoms with Crippen molar-refractivity contribution < 1.29 is 19.5 Å². The lowest BCUT2D eigenvalue weighted by Crippen LogP contribution is -2.54. The Kier molecular flexibility index (Phi) is 10.2. The largest absolute Gasteiger partial charge is 0.480 e. The molecule has 9 heteroatoms. The first kappa shape index (κ1) is 21.1. The van der Waals surface area contributed by atoms with Crippen molar-refractivity contribution in [3.05, 3.63) is 0 Å². The first-order chi connectivity index (χ1) is 11.5. The van der Waals surface area contributed by atoms with Crippen LogP contribution in [0.2, 0.25) is 0 Å². The summed E-state index contributed by atoms with van der Waals surface area (Å²) in [6.45, 7) is 0.801. The highest BCUT2D eigenvalue weighted by Gasteiger charge is 2.29. The number of amides is 2. The van der Waals surface area contributed by atoms with Gasteiger partial charge in [0, 0.05) is 0 Å². The molecule has 1 aliphatic rings. The molecular formula is C15H27N3O4S2. The molecule has 0 saturated carbocycles. The van der Waals surface area contributed by atoms with Gasteiger partial charge in [0.2, 0.25) is 11.8 Å². The van der Waals surface area contributed by atoms with E-state index in [-0.39, 0.29) is 11.9 Å². The van der Waals surface area contributed by atoms with Crippen molar-refractivity contribution in [2.75, 3.05) is 30.6 Å². The van der Waals surface area contributed by atoms with Gasteiger partial charge >= 0.3 is 5.97 Å². The fourth-order valence-corrected chi connectivity index (χ4v) is 3.39. The van der Waals surface area contributed by atoms with E-state index in [1.807, 2.05) is 12.5 Å². The minimum absolute atomic E-state index is 0.190. The molecule has 1 rings (SSSR count). The van der Waals surface area contributed by atoms with Gasteiger partial charge in [0.15, 0.2) is 0 Å². The molecule has 7 nitrogen and oxygen atoms in total. The molecule has 0 bridgehead atoms. The van der Waals surface area contributed by atoms with Crippen LogP contribution in [0.15, 0.2) is 0 Å². The van der Waals surface area contributed by atoms with Crippen LogP contribution >= 0.6 is 23.5 Å². The summed E-state index contributed by atoms with van der Waals surface area (Å²) in [4.78, 5) is 36.0. The lowest BCUT2D eigenvalue weighted by atomic mass is 10.1. The van der Waals surface area contributed by atoms with Gasteiger partial charge in [-0.1, -0.05) is 0 Å². The van der Waals surface area contributed by atoms with Crippen LogP contribution in [0.3, 0.4) is 0 Å². The number of nitrogens with one attached hydrogen (secondary N) is 3. The smallest absolute Gasteiger partial charge is 0.326 e. The average molecular weight is 378 g/mol. The molecule has 3 atom stereocenters. The summed E-state index contributed by atoms with van der Waals surface area (Å²) in [5, 5.41) is 17.7. The Labute approximate surface area is 151 Å². The molecule has 24 heavy (non-hydrogen) atoms. The molecule has 138 valence electrons. The molecular weight excluding hydrogens is 350 g/mol. The van der Waals surface area contributed by atoms with E-state index in [0.29, 0.717) is 24.3 Å². The highest BCUT2D eigenvalue weighted by atomic mass is 32.2. The molecule has 3 unspecified atom stereocenters. The average Bonchev–Trinajstić information content (AvgIpc) is 3.09. The Morgan fingerprint density at radius 1 is 1.12 bits per heavy atom. The third-order valence-electron chi connectivity index (χ3n) is 3.85. The molecule has 0 radical (unpaired) electrons. The highest BCUT2D eigenvalue weighted by molar-refractivity contribution is 7.98. The van der Waals surface area contributed by atoms with Crippen molar-refractivity contribution >= 4 is 41.3 Å². The van der Waals surface area contributed by atoms with Crippen LogP contribution in [-0.4, -0.2) is 71.6 Å². The van der Waals surface area contributed by atoms with Gasteiger partial charge < -0.3 is 21.1 Å². The topological polar surface area (TPSA) is 108 Å². The molecule has 1 aliphatic heterocycles. The van der Waals surface area contributed by atoms with Crippen LogP contribution < -0.4 is 16.0 Å². The Morgan fingerprint density at radius 3 is 2.25 bits per heavy atom. The van der Waals surface area contributed by atoms with E-state index in [1.165, 1.54) is 11.8 Å². The molecule has 2 amide bonds. The fraction of sp³-hybridized carbons (Fsp3) is 0.800. The zero-order chi connectivity index (χ0) is 17.9. The van der Waals surface area contributed by atoms with E-state index in [2.05, 4.69) is 16.0 Å². The SMILES string of the molecule is CSCCC(NC(=O)C(CCSC)NC(=O)C1CCCN1)C(=O)O. The zero-order valence-electron chi connectivity index (χ0n) is 14.2.